The van der Waals surface area contributed by atoms with Crippen molar-refractivity contribution in [3.05, 3.63) is 36.2 Å². The maximum absolute atomic E-state index is 4.15. The van der Waals surface area contributed by atoms with Crippen molar-refractivity contribution in [3.63, 3.8) is 0 Å². The third kappa shape index (κ3) is 1.56. The first-order valence-corrected chi connectivity index (χ1v) is 5.56. The van der Waals surface area contributed by atoms with Gasteiger partial charge in [-0.15, -0.1) is 0 Å². The standard InChI is InChI=1S/C10H12N2S/c1-8(13-2)9-4-6-12-10(7-9)3-5-11-12/h3-8H,1-2H3. The summed E-state index contributed by atoms with van der Waals surface area (Å²) in [5, 5.41) is 4.71. The largest absolute Gasteiger partial charge is 0.241 e. The van der Waals surface area contributed by atoms with E-state index in [0.717, 1.165) is 0 Å². The van der Waals surface area contributed by atoms with Crippen molar-refractivity contribution in [2.45, 2.75) is 12.2 Å². The zero-order valence-corrected chi connectivity index (χ0v) is 8.58. The maximum atomic E-state index is 4.15. The van der Waals surface area contributed by atoms with Gasteiger partial charge < -0.3 is 0 Å². The van der Waals surface area contributed by atoms with Gasteiger partial charge in [0.15, 0.2) is 0 Å². The molecule has 2 heterocycles. The Hall–Kier alpha value is -0.960. The third-order valence-corrected chi connectivity index (χ3v) is 3.23. The molecule has 2 nitrogen and oxygen atoms in total. The Kier molecular flexibility index (Phi) is 2.27. The second-order valence-corrected chi connectivity index (χ2v) is 4.22. The van der Waals surface area contributed by atoms with Gasteiger partial charge in [0.05, 0.1) is 5.52 Å². The molecule has 0 fully saturated rings. The van der Waals surface area contributed by atoms with Crippen molar-refractivity contribution in [1.82, 2.24) is 9.61 Å². The van der Waals surface area contributed by atoms with Crippen LogP contribution in [0.25, 0.3) is 5.52 Å². The second kappa shape index (κ2) is 3.42. The summed E-state index contributed by atoms with van der Waals surface area (Å²) in [5.41, 5.74) is 2.53. The van der Waals surface area contributed by atoms with Crippen LogP contribution in [0, 0.1) is 0 Å². The summed E-state index contributed by atoms with van der Waals surface area (Å²) >= 11 is 1.86. The second-order valence-electron chi connectivity index (χ2n) is 3.04. The minimum absolute atomic E-state index is 0.555. The molecule has 0 saturated heterocycles. The van der Waals surface area contributed by atoms with E-state index in [1.54, 1.807) is 0 Å². The maximum Gasteiger partial charge on any atom is 0.0664 e. The molecule has 1 atom stereocenters. The van der Waals surface area contributed by atoms with Crippen LogP contribution in [0.3, 0.4) is 0 Å². The van der Waals surface area contributed by atoms with Crippen LogP contribution in [-0.2, 0) is 0 Å². The highest BCUT2D eigenvalue weighted by Crippen LogP contribution is 2.25. The van der Waals surface area contributed by atoms with Crippen LogP contribution in [0.4, 0.5) is 0 Å². The minimum Gasteiger partial charge on any atom is -0.241 e. The first-order chi connectivity index (χ1) is 6.31. The molecule has 3 heteroatoms. The number of fused-ring (bicyclic) bond motifs is 1. The lowest BCUT2D eigenvalue weighted by atomic mass is 10.2. The molecule has 0 aliphatic carbocycles. The molecule has 2 rings (SSSR count). The molecule has 13 heavy (non-hydrogen) atoms. The number of pyridine rings is 1. The molecule has 0 saturated carbocycles. The Morgan fingerprint density at radius 1 is 1.46 bits per heavy atom. The highest BCUT2D eigenvalue weighted by atomic mass is 32.2. The van der Waals surface area contributed by atoms with Crippen molar-refractivity contribution in [2.24, 2.45) is 0 Å². The molecule has 2 aromatic rings. The monoisotopic (exact) mass is 192 g/mol. The highest BCUT2D eigenvalue weighted by Gasteiger charge is 2.03. The van der Waals surface area contributed by atoms with E-state index in [1.165, 1.54) is 11.1 Å². The number of hydrogen-bond donors (Lipinski definition) is 0. The number of aromatic nitrogens is 2. The Bertz CT molecular complexity index is 408. The molecule has 0 amide bonds. The van der Waals surface area contributed by atoms with E-state index in [4.69, 9.17) is 0 Å². The molecule has 0 N–H and O–H groups in total. The Balaban J connectivity index is 2.48. The summed E-state index contributed by atoms with van der Waals surface area (Å²) in [5.74, 6) is 0. The lowest BCUT2D eigenvalue weighted by Crippen LogP contribution is -1.91. The van der Waals surface area contributed by atoms with E-state index >= 15 is 0 Å². The van der Waals surface area contributed by atoms with Crippen LogP contribution < -0.4 is 0 Å². The van der Waals surface area contributed by atoms with Crippen LogP contribution in [0.2, 0.25) is 0 Å². The topological polar surface area (TPSA) is 17.3 Å². The van der Waals surface area contributed by atoms with Gasteiger partial charge in [-0.1, -0.05) is 0 Å². The first kappa shape index (κ1) is 8.63. The number of hydrogen-bond acceptors (Lipinski definition) is 2. The van der Waals surface area contributed by atoms with Crippen LogP contribution in [0.1, 0.15) is 17.7 Å². The summed E-state index contributed by atoms with van der Waals surface area (Å²) in [6.07, 6.45) is 5.96. The number of nitrogens with zero attached hydrogens (tertiary/aromatic N) is 2. The Labute approximate surface area is 82.0 Å². The predicted molar refractivity (Wildman–Crippen MR) is 57.1 cm³/mol. The van der Waals surface area contributed by atoms with Gasteiger partial charge >= 0.3 is 0 Å². The first-order valence-electron chi connectivity index (χ1n) is 4.27. The van der Waals surface area contributed by atoms with Gasteiger partial charge in [-0.25, -0.2) is 4.52 Å². The molecule has 2 aromatic heterocycles. The van der Waals surface area contributed by atoms with Crippen LogP contribution in [-0.4, -0.2) is 15.9 Å². The normalized spacial score (nSPS) is 13.4. The lowest BCUT2D eigenvalue weighted by Gasteiger charge is -2.08. The molecule has 0 aromatic carbocycles. The number of thioether (sulfide) groups is 1. The van der Waals surface area contributed by atoms with Crippen molar-refractivity contribution in [1.29, 1.82) is 0 Å². The quantitative estimate of drug-likeness (QED) is 0.728. The summed E-state index contributed by atoms with van der Waals surface area (Å²) in [7, 11) is 0. The summed E-state index contributed by atoms with van der Waals surface area (Å²) in [6, 6.07) is 6.34. The molecule has 0 aliphatic rings. The highest BCUT2D eigenvalue weighted by molar-refractivity contribution is 7.98. The van der Waals surface area contributed by atoms with Gasteiger partial charge in [0.2, 0.25) is 0 Å². The van der Waals surface area contributed by atoms with Gasteiger partial charge in [-0.2, -0.15) is 16.9 Å². The van der Waals surface area contributed by atoms with Crippen molar-refractivity contribution < 1.29 is 0 Å². The van der Waals surface area contributed by atoms with Crippen LogP contribution >= 0.6 is 11.8 Å². The average Bonchev–Trinajstić information content (AvgIpc) is 2.63. The van der Waals surface area contributed by atoms with Gasteiger partial charge in [0.1, 0.15) is 0 Å². The van der Waals surface area contributed by atoms with E-state index in [-0.39, 0.29) is 0 Å². The van der Waals surface area contributed by atoms with Crippen molar-refractivity contribution >= 4 is 17.3 Å². The smallest absolute Gasteiger partial charge is 0.0664 e. The zero-order valence-electron chi connectivity index (χ0n) is 7.77. The number of rotatable bonds is 2. The molecule has 0 bridgehead atoms. The molecule has 68 valence electrons. The van der Waals surface area contributed by atoms with E-state index in [9.17, 15) is 0 Å². The molecular weight excluding hydrogens is 180 g/mol. The summed E-state index contributed by atoms with van der Waals surface area (Å²) in [4.78, 5) is 0. The van der Waals surface area contributed by atoms with E-state index in [1.807, 2.05) is 34.7 Å². The predicted octanol–water partition coefficient (Wildman–Crippen LogP) is 2.76. The SMILES string of the molecule is CSC(C)c1ccn2nccc2c1. The fraction of sp³-hybridized carbons (Fsp3) is 0.300. The minimum atomic E-state index is 0.555. The van der Waals surface area contributed by atoms with E-state index in [2.05, 4.69) is 30.4 Å². The van der Waals surface area contributed by atoms with Gasteiger partial charge in [-0.05, 0) is 36.9 Å². The molecule has 0 aliphatic heterocycles. The van der Waals surface area contributed by atoms with Crippen LogP contribution in [0.15, 0.2) is 30.6 Å². The fourth-order valence-corrected chi connectivity index (χ4v) is 1.75. The van der Waals surface area contributed by atoms with Gasteiger partial charge in [-0.3, -0.25) is 0 Å². The molecular formula is C10H12N2S. The van der Waals surface area contributed by atoms with Crippen molar-refractivity contribution in [2.75, 3.05) is 6.26 Å². The van der Waals surface area contributed by atoms with E-state index in [0.29, 0.717) is 5.25 Å². The van der Waals surface area contributed by atoms with E-state index < -0.39 is 0 Å². The summed E-state index contributed by atoms with van der Waals surface area (Å²) in [6.45, 7) is 2.22. The van der Waals surface area contributed by atoms with Crippen molar-refractivity contribution in [3.8, 4) is 0 Å². The molecule has 1 unspecified atom stereocenters. The molecule has 0 radical (unpaired) electrons. The third-order valence-electron chi connectivity index (χ3n) is 2.25. The Morgan fingerprint density at radius 2 is 2.31 bits per heavy atom. The average molecular weight is 192 g/mol. The summed E-state index contributed by atoms with van der Waals surface area (Å²) < 4.78 is 1.89. The Morgan fingerprint density at radius 3 is 3.08 bits per heavy atom. The fourth-order valence-electron chi connectivity index (χ4n) is 1.33. The van der Waals surface area contributed by atoms with Gasteiger partial charge in [0, 0.05) is 17.6 Å². The van der Waals surface area contributed by atoms with Gasteiger partial charge in [0.25, 0.3) is 0 Å². The van der Waals surface area contributed by atoms with Crippen LogP contribution in [0.5, 0.6) is 0 Å². The zero-order chi connectivity index (χ0) is 9.26. The lowest BCUT2D eigenvalue weighted by molar-refractivity contribution is 0.949. The molecule has 0 spiro atoms.